The highest BCUT2D eigenvalue weighted by Gasteiger charge is 2.37. The summed E-state index contributed by atoms with van der Waals surface area (Å²) in [5, 5.41) is 2.81. The summed E-state index contributed by atoms with van der Waals surface area (Å²) in [6.45, 7) is 6.72. The summed E-state index contributed by atoms with van der Waals surface area (Å²) < 4.78 is 28.1. The molecular formula is C20H25N3O3S. The summed E-state index contributed by atoms with van der Waals surface area (Å²) in [5.41, 5.74) is 4.84. The maximum atomic E-state index is 12.7. The molecule has 1 heterocycles. The van der Waals surface area contributed by atoms with Crippen molar-refractivity contribution in [2.24, 2.45) is 0 Å². The van der Waals surface area contributed by atoms with Gasteiger partial charge in [0.1, 0.15) is 0 Å². The molecule has 0 saturated carbocycles. The van der Waals surface area contributed by atoms with Crippen LogP contribution in [0.15, 0.2) is 42.5 Å². The number of benzene rings is 2. The van der Waals surface area contributed by atoms with Crippen LogP contribution in [-0.2, 0) is 21.5 Å². The SMILES string of the molecule is Cc1ccc(CN2CCN(CC(=O)Nc3ccc(C)cc3C)S2(=O)=O)cc1. The zero-order chi connectivity index (χ0) is 19.6. The van der Waals surface area contributed by atoms with Gasteiger partial charge in [-0.3, -0.25) is 4.79 Å². The average molecular weight is 388 g/mol. The summed E-state index contributed by atoms with van der Waals surface area (Å²) in [6.07, 6.45) is 0. The highest BCUT2D eigenvalue weighted by molar-refractivity contribution is 7.87. The minimum atomic E-state index is -3.63. The molecule has 2 aromatic rings. The maximum absolute atomic E-state index is 12.7. The molecule has 0 spiro atoms. The van der Waals surface area contributed by atoms with Gasteiger partial charge >= 0.3 is 0 Å². The van der Waals surface area contributed by atoms with Gasteiger partial charge < -0.3 is 5.32 Å². The Balaban J connectivity index is 1.63. The van der Waals surface area contributed by atoms with Gasteiger partial charge in [-0.05, 0) is 38.0 Å². The zero-order valence-corrected chi connectivity index (χ0v) is 16.7. The van der Waals surface area contributed by atoms with Gasteiger partial charge in [0.15, 0.2) is 0 Å². The number of nitrogens with zero attached hydrogens (tertiary/aromatic N) is 2. The lowest BCUT2D eigenvalue weighted by molar-refractivity contribution is -0.116. The average Bonchev–Trinajstić information content (AvgIpc) is 2.87. The third-order valence-electron chi connectivity index (χ3n) is 4.71. The number of aryl methyl sites for hydroxylation is 3. The van der Waals surface area contributed by atoms with Gasteiger partial charge in [0.25, 0.3) is 10.2 Å². The number of amides is 1. The highest BCUT2D eigenvalue weighted by Crippen LogP contribution is 2.21. The Hall–Kier alpha value is -2.22. The van der Waals surface area contributed by atoms with E-state index in [2.05, 4.69) is 5.32 Å². The Morgan fingerprint density at radius 3 is 2.26 bits per heavy atom. The van der Waals surface area contributed by atoms with Crippen LogP contribution < -0.4 is 5.32 Å². The summed E-state index contributed by atoms with van der Waals surface area (Å²) in [4.78, 5) is 12.4. The lowest BCUT2D eigenvalue weighted by atomic mass is 10.1. The van der Waals surface area contributed by atoms with Gasteiger partial charge in [-0.1, -0.05) is 47.5 Å². The van der Waals surface area contributed by atoms with Crippen LogP contribution in [0.1, 0.15) is 22.3 Å². The molecule has 7 heteroatoms. The van der Waals surface area contributed by atoms with Crippen molar-refractivity contribution in [1.29, 1.82) is 0 Å². The van der Waals surface area contributed by atoms with Crippen LogP contribution in [-0.4, -0.2) is 42.6 Å². The first-order chi connectivity index (χ1) is 12.8. The third kappa shape index (κ3) is 4.55. The van der Waals surface area contributed by atoms with Crippen LogP contribution in [0, 0.1) is 20.8 Å². The molecule has 1 N–H and O–H groups in total. The molecule has 1 aliphatic heterocycles. The Morgan fingerprint density at radius 2 is 1.59 bits per heavy atom. The molecule has 2 aromatic carbocycles. The van der Waals surface area contributed by atoms with Crippen molar-refractivity contribution < 1.29 is 13.2 Å². The number of nitrogens with one attached hydrogen (secondary N) is 1. The van der Waals surface area contributed by atoms with Crippen molar-refractivity contribution in [3.8, 4) is 0 Å². The van der Waals surface area contributed by atoms with Crippen molar-refractivity contribution in [3.63, 3.8) is 0 Å². The van der Waals surface area contributed by atoms with Crippen molar-refractivity contribution >= 4 is 21.8 Å². The largest absolute Gasteiger partial charge is 0.325 e. The number of anilines is 1. The molecule has 6 nitrogen and oxygen atoms in total. The molecule has 27 heavy (non-hydrogen) atoms. The molecule has 0 atom stereocenters. The third-order valence-corrected chi connectivity index (χ3v) is 6.64. The van der Waals surface area contributed by atoms with Gasteiger partial charge in [0.2, 0.25) is 5.91 Å². The molecule has 0 unspecified atom stereocenters. The predicted octanol–water partition coefficient (Wildman–Crippen LogP) is 2.61. The fourth-order valence-corrected chi connectivity index (χ4v) is 4.68. The van der Waals surface area contributed by atoms with Gasteiger partial charge in [0, 0.05) is 25.3 Å². The van der Waals surface area contributed by atoms with E-state index in [0.717, 1.165) is 22.3 Å². The van der Waals surface area contributed by atoms with E-state index >= 15 is 0 Å². The molecule has 0 aromatic heterocycles. The molecule has 144 valence electrons. The van der Waals surface area contributed by atoms with Crippen LogP contribution in [0.4, 0.5) is 5.69 Å². The molecule has 0 bridgehead atoms. The monoisotopic (exact) mass is 387 g/mol. The van der Waals surface area contributed by atoms with Crippen molar-refractivity contribution in [1.82, 2.24) is 8.61 Å². The fourth-order valence-electron chi connectivity index (χ4n) is 3.14. The molecule has 1 aliphatic rings. The van der Waals surface area contributed by atoms with Crippen LogP contribution in [0.25, 0.3) is 0 Å². The smallest absolute Gasteiger partial charge is 0.282 e. The molecule has 1 fully saturated rings. The topological polar surface area (TPSA) is 69.7 Å². The van der Waals surface area contributed by atoms with E-state index in [4.69, 9.17) is 0 Å². The molecule has 0 radical (unpaired) electrons. The van der Waals surface area contributed by atoms with E-state index < -0.39 is 10.2 Å². The van der Waals surface area contributed by atoms with Gasteiger partial charge in [-0.25, -0.2) is 0 Å². The van der Waals surface area contributed by atoms with E-state index in [-0.39, 0.29) is 12.5 Å². The lowest BCUT2D eigenvalue weighted by Crippen LogP contribution is -2.37. The fraction of sp³-hybridized carbons (Fsp3) is 0.350. The minimum Gasteiger partial charge on any atom is -0.325 e. The Bertz CT molecular complexity index is 939. The van der Waals surface area contributed by atoms with Gasteiger partial charge in [-0.2, -0.15) is 17.0 Å². The van der Waals surface area contributed by atoms with Crippen molar-refractivity contribution in [2.75, 3.05) is 25.0 Å². The number of carbonyl (C=O) groups excluding carboxylic acids is 1. The molecule has 0 aliphatic carbocycles. The predicted molar refractivity (Wildman–Crippen MR) is 107 cm³/mol. The van der Waals surface area contributed by atoms with E-state index in [1.807, 2.05) is 63.2 Å². The Morgan fingerprint density at radius 1 is 0.963 bits per heavy atom. The normalized spacial score (nSPS) is 17.1. The lowest BCUT2D eigenvalue weighted by Gasteiger charge is -2.19. The Labute approximate surface area is 161 Å². The van der Waals surface area contributed by atoms with Crippen molar-refractivity contribution in [2.45, 2.75) is 27.3 Å². The van der Waals surface area contributed by atoms with E-state index in [1.165, 1.54) is 8.61 Å². The summed E-state index contributed by atoms with van der Waals surface area (Å²) >= 11 is 0. The number of carbonyl (C=O) groups is 1. The number of hydrogen-bond donors (Lipinski definition) is 1. The quantitative estimate of drug-likeness (QED) is 0.857. The van der Waals surface area contributed by atoms with E-state index in [1.54, 1.807) is 0 Å². The first-order valence-corrected chi connectivity index (χ1v) is 10.3. The van der Waals surface area contributed by atoms with Crippen LogP contribution >= 0.6 is 0 Å². The number of hydrogen-bond acceptors (Lipinski definition) is 3. The van der Waals surface area contributed by atoms with Crippen LogP contribution in [0.2, 0.25) is 0 Å². The molecule has 3 rings (SSSR count). The minimum absolute atomic E-state index is 0.181. The molecule has 1 amide bonds. The summed E-state index contributed by atoms with van der Waals surface area (Å²) in [7, 11) is -3.63. The second kappa shape index (κ2) is 7.80. The summed E-state index contributed by atoms with van der Waals surface area (Å²) in [6, 6.07) is 13.5. The first kappa shape index (κ1) is 19.5. The zero-order valence-electron chi connectivity index (χ0n) is 15.9. The van der Waals surface area contributed by atoms with Crippen LogP contribution in [0.3, 0.4) is 0 Å². The van der Waals surface area contributed by atoms with Crippen molar-refractivity contribution in [3.05, 3.63) is 64.7 Å². The van der Waals surface area contributed by atoms with Gasteiger partial charge in [0.05, 0.1) is 6.54 Å². The second-order valence-corrected chi connectivity index (χ2v) is 8.96. The second-order valence-electron chi connectivity index (χ2n) is 7.03. The standard InChI is InChI=1S/C20H25N3O3S/c1-15-4-7-18(8-5-15)13-22-10-11-23(27(22,25)26)14-20(24)21-19-9-6-16(2)12-17(19)3/h4-9,12H,10-11,13-14H2,1-3H3,(H,21,24). The van der Waals surface area contributed by atoms with E-state index in [9.17, 15) is 13.2 Å². The van der Waals surface area contributed by atoms with E-state index in [0.29, 0.717) is 25.3 Å². The molecular weight excluding hydrogens is 362 g/mol. The summed E-state index contributed by atoms with van der Waals surface area (Å²) in [5.74, 6) is -0.331. The molecule has 1 saturated heterocycles. The highest BCUT2D eigenvalue weighted by atomic mass is 32.2. The number of rotatable bonds is 5. The maximum Gasteiger partial charge on any atom is 0.282 e. The van der Waals surface area contributed by atoms with Gasteiger partial charge in [-0.15, -0.1) is 0 Å². The van der Waals surface area contributed by atoms with Crippen LogP contribution in [0.5, 0.6) is 0 Å². The Kier molecular flexibility index (Phi) is 5.64. The first-order valence-electron chi connectivity index (χ1n) is 8.93.